The molecule has 0 saturated carbocycles. The summed E-state index contributed by atoms with van der Waals surface area (Å²) in [5.41, 5.74) is 6.78. The lowest BCUT2D eigenvalue weighted by Gasteiger charge is -2.01. The maximum absolute atomic E-state index is 6.43. The molecule has 1 atom stereocenters. The molecule has 6 heteroatoms. The van der Waals surface area contributed by atoms with Crippen LogP contribution in [0, 0.1) is 0 Å². The molecule has 1 aromatic carbocycles. The van der Waals surface area contributed by atoms with Crippen molar-refractivity contribution in [3.63, 3.8) is 0 Å². The first-order valence-corrected chi connectivity index (χ1v) is 7.70. The molecule has 2 heterocycles. The first kappa shape index (κ1) is 13.5. The third kappa shape index (κ3) is 2.44. The minimum Gasteiger partial charge on any atom is -0.323 e. The van der Waals surface area contributed by atoms with Gasteiger partial charge < -0.3 is 5.73 Å². The number of benzene rings is 1. The minimum atomic E-state index is -0.0540. The van der Waals surface area contributed by atoms with Gasteiger partial charge in [0.05, 0.1) is 29.5 Å². The van der Waals surface area contributed by atoms with Crippen molar-refractivity contribution in [2.75, 3.05) is 0 Å². The lowest BCUT2D eigenvalue weighted by Crippen LogP contribution is -2.08. The third-order valence-electron chi connectivity index (χ3n) is 3.28. The van der Waals surface area contributed by atoms with Crippen molar-refractivity contribution in [3.05, 3.63) is 46.1 Å². The van der Waals surface area contributed by atoms with E-state index in [2.05, 4.69) is 16.4 Å². The predicted molar refractivity (Wildman–Crippen MR) is 83.2 cm³/mol. The summed E-state index contributed by atoms with van der Waals surface area (Å²) in [5.74, 6) is 0. The SMILES string of the molecule is CCC(N)c1cn(Cc2sc3ccccc3c2Cl)nn1. The van der Waals surface area contributed by atoms with Gasteiger partial charge in [-0.25, -0.2) is 4.68 Å². The topological polar surface area (TPSA) is 56.7 Å². The average Bonchev–Trinajstić information content (AvgIpc) is 3.05. The van der Waals surface area contributed by atoms with Crippen molar-refractivity contribution < 1.29 is 0 Å². The zero-order valence-corrected chi connectivity index (χ0v) is 12.7. The van der Waals surface area contributed by atoms with Crippen molar-refractivity contribution in [2.45, 2.75) is 25.9 Å². The highest BCUT2D eigenvalue weighted by atomic mass is 35.5. The Labute approximate surface area is 126 Å². The second kappa shape index (κ2) is 5.52. The van der Waals surface area contributed by atoms with Crippen LogP contribution in [0.2, 0.25) is 5.02 Å². The number of nitrogens with two attached hydrogens (primary N) is 1. The van der Waals surface area contributed by atoms with E-state index in [1.54, 1.807) is 16.0 Å². The van der Waals surface area contributed by atoms with Crippen LogP contribution in [0.3, 0.4) is 0 Å². The van der Waals surface area contributed by atoms with Crippen LogP contribution in [-0.2, 0) is 6.54 Å². The molecule has 4 nitrogen and oxygen atoms in total. The lowest BCUT2D eigenvalue weighted by molar-refractivity contribution is 0.649. The average molecular weight is 307 g/mol. The number of hydrogen-bond donors (Lipinski definition) is 1. The molecule has 0 aliphatic heterocycles. The van der Waals surface area contributed by atoms with E-state index in [1.807, 2.05) is 31.3 Å². The van der Waals surface area contributed by atoms with Gasteiger partial charge in [0.25, 0.3) is 0 Å². The van der Waals surface area contributed by atoms with Gasteiger partial charge in [-0.1, -0.05) is 41.9 Å². The van der Waals surface area contributed by atoms with Crippen LogP contribution in [0.15, 0.2) is 30.5 Å². The Morgan fingerprint density at radius 1 is 1.40 bits per heavy atom. The molecule has 0 bridgehead atoms. The zero-order chi connectivity index (χ0) is 14.1. The first-order chi connectivity index (χ1) is 9.69. The first-order valence-electron chi connectivity index (χ1n) is 6.50. The molecule has 0 aliphatic rings. The molecule has 0 radical (unpaired) electrons. The number of nitrogens with zero attached hydrogens (tertiary/aromatic N) is 3. The van der Waals surface area contributed by atoms with E-state index >= 15 is 0 Å². The Bertz CT molecular complexity index is 734. The molecule has 0 spiro atoms. The fourth-order valence-corrected chi connectivity index (χ4v) is 3.57. The van der Waals surface area contributed by atoms with Crippen molar-refractivity contribution in [1.82, 2.24) is 15.0 Å². The van der Waals surface area contributed by atoms with Gasteiger partial charge >= 0.3 is 0 Å². The second-order valence-electron chi connectivity index (χ2n) is 4.69. The molecule has 2 N–H and O–H groups in total. The summed E-state index contributed by atoms with van der Waals surface area (Å²) in [6, 6.07) is 8.08. The van der Waals surface area contributed by atoms with Gasteiger partial charge in [-0.2, -0.15) is 0 Å². The van der Waals surface area contributed by atoms with Crippen LogP contribution in [0.5, 0.6) is 0 Å². The molecule has 0 aliphatic carbocycles. The van der Waals surface area contributed by atoms with Crippen LogP contribution >= 0.6 is 22.9 Å². The van der Waals surface area contributed by atoms with Crippen molar-refractivity contribution in [1.29, 1.82) is 0 Å². The Morgan fingerprint density at radius 3 is 2.95 bits per heavy atom. The molecule has 2 aromatic heterocycles. The Kier molecular flexibility index (Phi) is 3.74. The summed E-state index contributed by atoms with van der Waals surface area (Å²) < 4.78 is 2.99. The molecular formula is C14H15ClN4S. The van der Waals surface area contributed by atoms with Gasteiger partial charge in [0.2, 0.25) is 0 Å². The van der Waals surface area contributed by atoms with Crippen LogP contribution < -0.4 is 5.73 Å². The lowest BCUT2D eigenvalue weighted by atomic mass is 10.2. The monoisotopic (exact) mass is 306 g/mol. The van der Waals surface area contributed by atoms with E-state index in [1.165, 1.54) is 4.70 Å². The summed E-state index contributed by atoms with van der Waals surface area (Å²) in [7, 11) is 0. The Morgan fingerprint density at radius 2 is 2.20 bits per heavy atom. The Hall–Kier alpha value is -1.43. The number of aromatic nitrogens is 3. The molecule has 0 amide bonds. The molecule has 0 saturated heterocycles. The van der Waals surface area contributed by atoms with Crippen molar-refractivity contribution in [3.8, 4) is 0 Å². The fraction of sp³-hybridized carbons (Fsp3) is 0.286. The smallest absolute Gasteiger partial charge is 0.0994 e. The van der Waals surface area contributed by atoms with E-state index < -0.39 is 0 Å². The molecule has 0 fully saturated rings. The fourth-order valence-electron chi connectivity index (χ4n) is 2.08. The van der Waals surface area contributed by atoms with Crippen LogP contribution in [0.25, 0.3) is 10.1 Å². The molecule has 104 valence electrons. The van der Waals surface area contributed by atoms with E-state index in [9.17, 15) is 0 Å². The number of halogens is 1. The summed E-state index contributed by atoms with van der Waals surface area (Å²) in [6.07, 6.45) is 2.75. The maximum atomic E-state index is 6.43. The number of fused-ring (bicyclic) bond motifs is 1. The molecule has 3 rings (SSSR count). The van der Waals surface area contributed by atoms with Gasteiger partial charge in [-0.05, 0) is 12.5 Å². The third-order valence-corrected chi connectivity index (χ3v) is 4.98. The standard InChI is InChI=1S/C14H15ClN4S/c1-2-10(16)11-7-19(18-17-11)8-13-14(15)9-5-3-4-6-12(9)20-13/h3-7,10H,2,8,16H2,1H3. The predicted octanol–water partition coefficient (Wildman–Crippen LogP) is 3.60. The normalized spacial score (nSPS) is 12.9. The highest BCUT2D eigenvalue weighted by Gasteiger charge is 2.13. The molecule has 1 unspecified atom stereocenters. The Balaban J connectivity index is 1.89. The summed E-state index contributed by atoms with van der Waals surface area (Å²) in [6.45, 7) is 2.66. The molecule has 3 aromatic rings. The van der Waals surface area contributed by atoms with E-state index in [-0.39, 0.29) is 6.04 Å². The van der Waals surface area contributed by atoms with E-state index in [0.29, 0.717) is 6.54 Å². The highest BCUT2D eigenvalue weighted by Crippen LogP contribution is 2.35. The molecular weight excluding hydrogens is 292 g/mol. The van der Waals surface area contributed by atoms with E-state index in [0.717, 1.165) is 27.4 Å². The quantitative estimate of drug-likeness (QED) is 0.801. The van der Waals surface area contributed by atoms with Crippen molar-refractivity contribution in [2.24, 2.45) is 5.73 Å². The van der Waals surface area contributed by atoms with Crippen molar-refractivity contribution >= 4 is 33.0 Å². The summed E-state index contributed by atoms with van der Waals surface area (Å²) in [4.78, 5) is 1.09. The van der Waals surface area contributed by atoms with Crippen LogP contribution in [0.4, 0.5) is 0 Å². The number of rotatable bonds is 4. The van der Waals surface area contributed by atoms with Gasteiger partial charge in [-0.15, -0.1) is 16.4 Å². The van der Waals surface area contributed by atoms with Gasteiger partial charge in [0.1, 0.15) is 0 Å². The van der Waals surface area contributed by atoms with Gasteiger partial charge in [0.15, 0.2) is 0 Å². The van der Waals surface area contributed by atoms with Crippen LogP contribution in [-0.4, -0.2) is 15.0 Å². The van der Waals surface area contributed by atoms with Gasteiger partial charge in [-0.3, -0.25) is 0 Å². The number of thiophene rings is 1. The second-order valence-corrected chi connectivity index (χ2v) is 6.21. The minimum absolute atomic E-state index is 0.0540. The number of hydrogen-bond acceptors (Lipinski definition) is 4. The van der Waals surface area contributed by atoms with Crippen LogP contribution in [0.1, 0.15) is 30.0 Å². The zero-order valence-electron chi connectivity index (χ0n) is 11.1. The summed E-state index contributed by atoms with van der Waals surface area (Å²) >= 11 is 8.12. The maximum Gasteiger partial charge on any atom is 0.0994 e. The molecule has 20 heavy (non-hydrogen) atoms. The summed E-state index contributed by atoms with van der Waals surface area (Å²) in [5, 5.41) is 10.1. The van der Waals surface area contributed by atoms with Gasteiger partial charge in [0, 0.05) is 15.0 Å². The largest absolute Gasteiger partial charge is 0.323 e. The van der Waals surface area contributed by atoms with E-state index in [4.69, 9.17) is 17.3 Å². The highest BCUT2D eigenvalue weighted by molar-refractivity contribution is 7.19.